The Labute approximate surface area is 172 Å². The molecule has 2 N–H and O–H groups in total. The zero-order chi connectivity index (χ0) is 21.0. The Hall–Kier alpha value is -3.11. The molecule has 0 heterocycles. The number of anilines is 2. The molecule has 1 atom stereocenters. The summed E-state index contributed by atoms with van der Waals surface area (Å²) in [6, 6.07) is 24.4. The minimum absolute atomic E-state index is 0.205. The molecule has 4 nitrogen and oxygen atoms in total. The van der Waals surface area contributed by atoms with Crippen molar-refractivity contribution in [3.63, 3.8) is 0 Å². The maximum absolute atomic E-state index is 13.0. The van der Waals surface area contributed by atoms with Crippen molar-refractivity contribution in [2.75, 3.05) is 17.3 Å². The molecule has 4 heteroatoms. The fraction of sp³-hybridized carbons (Fsp3) is 0.240. The summed E-state index contributed by atoms with van der Waals surface area (Å²) >= 11 is 0. The number of hydrogen-bond acceptors (Lipinski definition) is 2. The fourth-order valence-corrected chi connectivity index (χ4v) is 3.41. The third kappa shape index (κ3) is 4.66. The summed E-state index contributed by atoms with van der Waals surface area (Å²) in [6.07, 6.45) is -0.833. The summed E-state index contributed by atoms with van der Waals surface area (Å²) in [5, 5.41) is 14.1. The first-order valence-corrected chi connectivity index (χ1v) is 9.75. The van der Waals surface area contributed by atoms with E-state index in [9.17, 15) is 9.90 Å². The van der Waals surface area contributed by atoms with Gasteiger partial charge < -0.3 is 10.4 Å². The van der Waals surface area contributed by atoms with Gasteiger partial charge in [0.2, 0.25) is 0 Å². The van der Waals surface area contributed by atoms with Gasteiger partial charge in [-0.05, 0) is 28.7 Å². The first-order chi connectivity index (χ1) is 13.8. The van der Waals surface area contributed by atoms with Crippen LogP contribution in [0.1, 0.15) is 43.6 Å². The second-order valence-electron chi connectivity index (χ2n) is 8.16. The van der Waals surface area contributed by atoms with Crippen LogP contribution in [-0.4, -0.2) is 18.2 Å². The monoisotopic (exact) mass is 388 g/mol. The van der Waals surface area contributed by atoms with E-state index in [0.29, 0.717) is 5.56 Å². The average molecular weight is 389 g/mol. The van der Waals surface area contributed by atoms with E-state index in [1.165, 1.54) is 0 Å². The van der Waals surface area contributed by atoms with E-state index in [1.54, 1.807) is 11.9 Å². The molecule has 3 aromatic rings. The van der Waals surface area contributed by atoms with Crippen LogP contribution in [0.5, 0.6) is 0 Å². The van der Waals surface area contributed by atoms with Crippen LogP contribution in [0.2, 0.25) is 0 Å². The molecule has 3 rings (SSSR count). The highest BCUT2D eigenvalue weighted by Crippen LogP contribution is 2.39. The fourth-order valence-electron chi connectivity index (χ4n) is 3.41. The van der Waals surface area contributed by atoms with Crippen LogP contribution in [0.3, 0.4) is 0 Å². The molecule has 0 aliphatic heterocycles. The van der Waals surface area contributed by atoms with E-state index in [1.807, 2.05) is 78.9 Å². The van der Waals surface area contributed by atoms with Crippen LogP contribution in [0, 0.1) is 0 Å². The lowest BCUT2D eigenvalue weighted by Gasteiger charge is -2.31. The lowest BCUT2D eigenvalue weighted by atomic mass is 9.83. The van der Waals surface area contributed by atoms with Crippen LogP contribution in [-0.2, 0) is 5.41 Å². The SMILES string of the molecule is CN(C(=O)Nc1ccccc1)c1c(C(O)c2ccccc2)cccc1C(C)(C)C. The second kappa shape index (κ2) is 8.50. The van der Waals surface area contributed by atoms with E-state index in [0.717, 1.165) is 22.5 Å². The Morgan fingerprint density at radius 3 is 2.07 bits per heavy atom. The number of rotatable bonds is 4. The van der Waals surface area contributed by atoms with Crippen LogP contribution in [0.15, 0.2) is 78.9 Å². The van der Waals surface area contributed by atoms with E-state index >= 15 is 0 Å². The van der Waals surface area contributed by atoms with Crippen LogP contribution in [0.25, 0.3) is 0 Å². The highest BCUT2D eigenvalue weighted by molar-refractivity contribution is 6.02. The standard InChI is InChI=1S/C25H28N2O2/c1-25(2,3)21-17-11-16-20(23(28)18-12-7-5-8-13-18)22(21)27(4)24(29)26-19-14-9-6-10-15-19/h5-17,23,28H,1-4H3,(H,26,29). The predicted octanol–water partition coefficient (Wildman–Crippen LogP) is 5.73. The Morgan fingerprint density at radius 1 is 0.897 bits per heavy atom. The number of hydrogen-bond donors (Lipinski definition) is 2. The molecular weight excluding hydrogens is 360 g/mol. The van der Waals surface area contributed by atoms with Gasteiger partial charge >= 0.3 is 6.03 Å². The van der Waals surface area contributed by atoms with E-state index in [2.05, 4.69) is 26.1 Å². The van der Waals surface area contributed by atoms with Crippen molar-refractivity contribution in [2.45, 2.75) is 32.3 Å². The predicted molar refractivity (Wildman–Crippen MR) is 120 cm³/mol. The number of urea groups is 1. The number of nitrogens with zero attached hydrogens (tertiary/aromatic N) is 1. The smallest absolute Gasteiger partial charge is 0.326 e. The normalized spacial score (nSPS) is 12.3. The molecule has 29 heavy (non-hydrogen) atoms. The molecule has 0 saturated heterocycles. The minimum Gasteiger partial charge on any atom is -0.384 e. The van der Waals surface area contributed by atoms with Gasteiger partial charge in [0.15, 0.2) is 0 Å². The number of carbonyl (C=O) groups excluding carboxylic acids is 1. The summed E-state index contributed by atoms with van der Waals surface area (Å²) < 4.78 is 0. The summed E-state index contributed by atoms with van der Waals surface area (Å²) in [5.41, 5.74) is 3.73. The summed E-state index contributed by atoms with van der Waals surface area (Å²) in [6.45, 7) is 6.31. The highest BCUT2D eigenvalue weighted by Gasteiger charge is 2.28. The van der Waals surface area contributed by atoms with E-state index < -0.39 is 6.10 Å². The molecule has 150 valence electrons. The average Bonchev–Trinajstić information content (AvgIpc) is 2.73. The molecule has 3 aromatic carbocycles. The maximum atomic E-state index is 13.0. The maximum Gasteiger partial charge on any atom is 0.326 e. The molecule has 0 spiro atoms. The molecule has 2 amide bonds. The van der Waals surface area contributed by atoms with Gasteiger partial charge in [-0.3, -0.25) is 4.90 Å². The molecule has 0 aromatic heterocycles. The van der Waals surface area contributed by atoms with E-state index in [-0.39, 0.29) is 11.4 Å². The van der Waals surface area contributed by atoms with Gasteiger partial charge in [0.05, 0.1) is 5.69 Å². The third-order valence-corrected chi connectivity index (χ3v) is 4.95. The minimum atomic E-state index is -0.833. The van der Waals surface area contributed by atoms with E-state index in [4.69, 9.17) is 0 Å². The first-order valence-electron chi connectivity index (χ1n) is 9.75. The lowest BCUT2D eigenvalue weighted by Crippen LogP contribution is -2.34. The van der Waals surface area contributed by atoms with Gasteiger partial charge in [0.1, 0.15) is 6.10 Å². The largest absolute Gasteiger partial charge is 0.384 e. The molecular formula is C25H28N2O2. The Kier molecular flexibility index (Phi) is 6.04. The van der Waals surface area contributed by atoms with Gasteiger partial charge in [-0.2, -0.15) is 0 Å². The Balaban J connectivity index is 2.06. The lowest BCUT2D eigenvalue weighted by molar-refractivity contribution is 0.220. The number of para-hydroxylation sites is 2. The molecule has 0 aliphatic carbocycles. The molecule has 1 unspecified atom stereocenters. The van der Waals surface area contributed by atoms with Crippen LogP contribution in [0.4, 0.5) is 16.2 Å². The third-order valence-electron chi connectivity index (χ3n) is 4.95. The van der Waals surface area contributed by atoms with Gasteiger partial charge in [-0.1, -0.05) is 87.5 Å². The highest BCUT2D eigenvalue weighted by atomic mass is 16.3. The number of aliphatic hydroxyl groups is 1. The number of carbonyl (C=O) groups is 1. The number of nitrogens with one attached hydrogen (secondary N) is 1. The van der Waals surface area contributed by atoms with Crippen molar-refractivity contribution >= 4 is 17.4 Å². The number of aliphatic hydroxyl groups excluding tert-OH is 1. The zero-order valence-electron chi connectivity index (χ0n) is 17.4. The summed E-state index contributed by atoms with van der Waals surface area (Å²) in [5.74, 6) is 0. The Morgan fingerprint density at radius 2 is 1.48 bits per heavy atom. The zero-order valence-corrected chi connectivity index (χ0v) is 17.4. The van der Waals surface area contributed by atoms with Crippen LogP contribution < -0.4 is 10.2 Å². The number of amides is 2. The summed E-state index contributed by atoms with van der Waals surface area (Å²) in [7, 11) is 1.74. The van der Waals surface area contributed by atoms with Gasteiger partial charge in [-0.15, -0.1) is 0 Å². The van der Waals surface area contributed by atoms with Gasteiger partial charge in [0, 0.05) is 18.3 Å². The van der Waals surface area contributed by atoms with Crippen molar-refractivity contribution in [3.05, 3.63) is 95.6 Å². The topological polar surface area (TPSA) is 52.6 Å². The molecule has 0 bridgehead atoms. The van der Waals surface area contributed by atoms with Crippen molar-refractivity contribution in [1.29, 1.82) is 0 Å². The van der Waals surface area contributed by atoms with Crippen molar-refractivity contribution in [2.24, 2.45) is 0 Å². The molecule has 0 saturated carbocycles. The second-order valence-corrected chi connectivity index (χ2v) is 8.16. The molecule has 0 radical (unpaired) electrons. The van der Waals surface area contributed by atoms with Gasteiger partial charge in [0.25, 0.3) is 0 Å². The number of benzene rings is 3. The summed E-state index contributed by atoms with van der Waals surface area (Å²) in [4.78, 5) is 14.6. The quantitative estimate of drug-likeness (QED) is 0.599. The van der Waals surface area contributed by atoms with Crippen molar-refractivity contribution in [3.8, 4) is 0 Å². The van der Waals surface area contributed by atoms with Crippen LogP contribution >= 0.6 is 0 Å². The first kappa shape index (κ1) is 20.6. The van der Waals surface area contributed by atoms with Crippen molar-refractivity contribution < 1.29 is 9.90 Å². The van der Waals surface area contributed by atoms with Gasteiger partial charge in [-0.25, -0.2) is 4.79 Å². The molecule has 0 aliphatic rings. The Bertz CT molecular complexity index is 963. The van der Waals surface area contributed by atoms with Crippen molar-refractivity contribution in [1.82, 2.24) is 0 Å². The molecule has 0 fully saturated rings.